The molecule has 6 nitrogen and oxygen atoms in total. The lowest BCUT2D eigenvalue weighted by Gasteiger charge is -2.21. The number of anilines is 2. The maximum atomic E-state index is 5.27. The highest BCUT2D eigenvalue weighted by atomic mass is 16.5. The van der Waals surface area contributed by atoms with Crippen molar-refractivity contribution in [3.8, 4) is 5.75 Å². The smallest absolute Gasteiger partial charge is 0.225 e. The molecule has 0 saturated carbocycles. The first-order chi connectivity index (χ1) is 12.6. The minimum atomic E-state index is -0.0957. The molecular formula is C20H23N5O. The zero-order chi connectivity index (χ0) is 18.5. The summed E-state index contributed by atoms with van der Waals surface area (Å²) in [6, 6.07) is 11.9. The topological polar surface area (TPSA) is 63.2 Å². The van der Waals surface area contributed by atoms with Crippen molar-refractivity contribution in [1.82, 2.24) is 15.0 Å². The van der Waals surface area contributed by atoms with Gasteiger partial charge in [0.15, 0.2) is 0 Å². The maximum absolute atomic E-state index is 5.27. The van der Waals surface area contributed by atoms with E-state index in [2.05, 4.69) is 20.3 Å². The van der Waals surface area contributed by atoms with Gasteiger partial charge in [-0.2, -0.15) is 4.98 Å². The minimum Gasteiger partial charge on any atom is -0.497 e. The zero-order valence-electron chi connectivity index (χ0n) is 15.5. The molecule has 0 radical (unpaired) electrons. The Morgan fingerprint density at radius 3 is 2.27 bits per heavy atom. The molecule has 26 heavy (non-hydrogen) atoms. The predicted octanol–water partition coefficient (Wildman–Crippen LogP) is 3.46. The van der Waals surface area contributed by atoms with Gasteiger partial charge in [-0.05, 0) is 42.3 Å². The molecule has 0 fully saturated rings. The third-order valence-electron chi connectivity index (χ3n) is 4.13. The van der Waals surface area contributed by atoms with Gasteiger partial charge in [0.1, 0.15) is 11.6 Å². The lowest BCUT2D eigenvalue weighted by Crippen LogP contribution is -2.17. The summed E-state index contributed by atoms with van der Waals surface area (Å²) in [5, 5.41) is 3.45. The van der Waals surface area contributed by atoms with Crippen LogP contribution >= 0.6 is 0 Å². The number of aromatic nitrogens is 3. The number of nitrogens with one attached hydrogen (secondary N) is 1. The molecule has 0 aliphatic heterocycles. The van der Waals surface area contributed by atoms with Crippen molar-refractivity contribution in [1.29, 1.82) is 0 Å². The Kier molecular flexibility index (Phi) is 5.31. The molecule has 0 amide bonds. The fourth-order valence-electron chi connectivity index (χ4n) is 2.80. The van der Waals surface area contributed by atoms with E-state index in [4.69, 9.17) is 4.74 Å². The van der Waals surface area contributed by atoms with Gasteiger partial charge in [-0.1, -0.05) is 12.1 Å². The van der Waals surface area contributed by atoms with Crippen molar-refractivity contribution in [2.45, 2.75) is 13.0 Å². The summed E-state index contributed by atoms with van der Waals surface area (Å²) < 4.78 is 5.27. The molecule has 0 bridgehead atoms. The Labute approximate surface area is 153 Å². The number of nitrogens with zero attached hydrogens (tertiary/aromatic N) is 4. The predicted molar refractivity (Wildman–Crippen MR) is 104 cm³/mol. The molecule has 2 heterocycles. The van der Waals surface area contributed by atoms with Crippen LogP contribution in [0.15, 0.2) is 55.0 Å². The van der Waals surface area contributed by atoms with Gasteiger partial charge in [0.2, 0.25) is 5.95 Å². The van der Waals surface area contributed by atoms with E-state index in [1.54, 1.807) is 19.5 Å². The van der Waals surface area contributed by atoms with Crippen molar-refractivity contribution in [2.75, 3.05) is 31.4 Å². The van der Waals surface area contributed by atoms with Gasteiger partial charge in [0, 0.05) is 38.2 Å². The molecule has 134 valence electrons. The summed E-state index contributed by atoms with van der Waals surface area (Å²) in [7, 11) is 5.61. The monoisotopic (exact) mass is 349 g/mol. The van der Waals surface area contributed by atoms with Gasteiger partial charge < -0.3 is 15.0 Å². The Morgan fingerprint density at radius 1 is 1.00 bits per heavy atom. The third-order valence-corrected chi connectivity index (χ3v) is 4.13. The van der Waals surface area contributed by atoms with E-state index in [-0.39, 0.29) is 6.04 Å². The maximum Gasteiger partial charge on any atom is 0.225 e. The molecule has 1 N–H and O–H groups in total. The lowest BCUT2D eigenvalue weighted by molar-refractivity contribution is 0.414. The first-order valence-corrected chi connectivity index (χ1v) is 8.40. The highest BCUT2D eigenvalue weighted by Crippen LogP contribution is 2.27. The fraction of sp³-hybridized carbons (Fsp3) is 0.250. The Hall–Kier alpha value is -3.15. The number of benzene rings is 1. The molecule has 6 heteroatoms. The number of pyridine rings is 1. The van der Waals surface area contributed by atoms with Crippen molar-refractivity contribution >= 4 is 11.8 Å². The lowest BCUT2D eigenvalue weighted by atomic mass is 10.00. The van der Waals surface area contributed by atoms with Gasteiger partial charge in [-0.3, -0.25) is 4.98 Å². The summed E-state index contributed by atoms with van der Waals surface area (Å²) in [5.74, 6) is 2.30. The van der Waals surface area contributed by atoms with Gasteiger partial charge in [-0.25, -0.2) is 4.98 Å². The van der Waals surface area contributed by atoms with E-state index in [9.17, 15) is 0 Å². The van der Waals surface area contributed by atoms with Gasteiger partial charge in [0.05, 0.1) is 13.2 Å². The summed E-state index contributed by atoms with van der Waals surface area (Å²) >= 11 is 0. The molecule has 0 aliphatic carbocycles. The molecule has 0 saturated heterocycles. The van der Waals surface area contributed by atoms with Crippen LogP contribution in [0.2, 0.25) is 0 Å². The first kappa shape index (κ1) is 17.7. The highest BCUT2D eigenvalue weighted by Gasteiger charge is 2.16. The van der Waals surface area contributed by atoms with Crippen molar-refractivity contribution in [3.63, 3.8) is 0 Å². The van der Waals surface area contributed by atoms with Gasteiger partial charge in [-0.15, -0.1) is 0 Å². The summed E-state index contributed by atoms with van der Waals surface area (Å²) in [6.07, 6.45) is 5.41. The molecule has 1 aromatic carbocycles. The molecule has 3 rings (SSSR count). The average Bonchev–Trinajstić information content (AvgIpc) is 2.68. The summed E-state index contributed by atoms with van der Waals surface area (Å²) in [6.45, 7) is 2.00. The van der Waals surface area contributed by atoms with E-state index in [1.807, 2.05) is 68.5 Å². The van der Waals surface area contributed by atoms with Crippen molar-refractivity contribution in [2.24, 2.45) is 0 Å². The largest absolute Gasteiger partial charge is 0.497 e. The number of aryl methyl sites for hydroxylation is 1. The van der Waals surface area contributed by atoms with E-state index >= 15 is 0 Å². The molecule has 3 aromatic rings. The highest BCUT2D eigenvalue weighted by molar-refractivity contribution is 5.49. The van der Waals surface area contributed by atoms with Crippen molar-refractivity contribution < 1.29 is 4.74 Å². The number of ether oxygens (including phenoxy) is 1. The molecular weight excluding hydrogens is 326 g/mol. The van der Waals surface area contributed by atoms with Crippen molar-refractivity contribution in [3.05, 3.63) is 71.7 Å². The Bertz CT molecular complexity index is 850. The number of rotatable bonds is 6. The molecule has 0 unspecified atom stereocenters. The molecule has 1 atom stereocenters. The molecule has 2 aromatic heterocycles. The number of hydrogen-bond acceptors (Lipinski definition) is 6. The summed E-state index contributed by atoms with van der Waals surface area (Å²) in [5.41, 5.74) is 3.21. The fourth-order valence-corrected chi connectivity index (χ4v) is 2.80. The second kappa shape index (κ2) is 7.82. The van der Waals surface area contributed by atoms with Crippen LogP contribution in [0.1, 0.15) is 22.7 Å². The van der Waals surface area contributed by atoms with Crippen LogP contribution in [0.3, 0.4) is 0 Å². The van der Waals surface area contributed by atoms with Gasteiger partial charge >= 0.3 is 0 Å². The minimum absolute atomic E-state index is 0.0957. The van der Waals surface area contributed by atoms with E-state index < -0.39 is 0 Å². The van der Waals surface area contributed by atoms with Crippen LogP contribution < -0.4 is 15.0 Å². The second-order valence-electron chi connectivity index (χ2n) is 6.23. The zero-order valence-corrected chi connectivity index (χ0v) is 15.5. The molecule has 0 spiro atoms. The quantitative estimate of drug-likeness (QED) is 0.735. The summed E-state index contributed by atoms with van der Waals surface area (Å²) in [4.78, 5) is 15.2. The van der Waals surface area contributed by atoms with Crippen LogP contribution in [0.5, 0.6) is 5.75 Å². The normalized spacial score (nSPS) is 11.7. The van der Waals surface area contributed by atoms with Crippen LogP contribution in [0.25, 0.3) is 0 Å². The van der Waals surface area contributed by atoms with Crippen LogP contribution in [-0.4, -0.2) is 36.2 Å². The van der Waals surface area contributed by atoms with Crippen LogP contribution in [0, 0.1) is 6.92 Å². The second-order valence-corrected chi connectivity index (χ2v) is 6.23. The average molecular weight is 349 g/mol. The first-order valence-electron chi connectivity index (χ1n) is 8.40. The number of hydrogen-bond donors (Lipinski definition) is 1. The Balaban J connectivity index is 1.97. The van der Waals surface area contributed by atoms with Crippen LogP contribution in [0.4, 0.5) is 11.8 Å². The standard InChI is InChI=1S/C20H23N5O/c1-14-13-22-20(24-19(14)25(2)3)23-18(16-9-11-21-12-10-16)15-5-7-17(26-4)8-6-15/h5-13,18H,1-4H3,(H,22,23,24)/t18-/m1/s1. The van der Waals surface area contributed by atoms with E-state index in [0.717, 1.165) is 28.3 Å². The van der Waals surface area contributed by atoms with Gasteiger partial charge in [0.25, 0.3) is 0 Å². The third kappa shape index (κ3) is 3.91. The number of methoxy groups -OCH3 is 1. The van der Waals surface area contributed by atoms with E-state index in [1.165, 1.54) is 0 Å². The molecule has 0 aliphatic rings. The Morgan fingerprint density at radius 2 is 1.65 bits per heavy atom. The van der Waals surface area contributed by atoms with Crippen LogP contribution in [-0.2, 0) is 0 Å². The SMILES string of the molecule is COc1ccc([C@@H](Nc2ncc(C)c(N(C)C)n2)c2ccncc2)cc1. The van der Waals surface area contributed by atoms with E-state index in [0.29, 0.717) is 5.95 Å².